The molecule has 0 saturated carbocycles. The second-order valence-corrected chi connectivity index (χ2v) is 5.67. The Morgan fingerprint density at radius 2 is 1.88 bits per heavy atom. The molecule has 0 radical (unpaired) electrons. The molecule has 0 bridgehead atoms. The predicted octanol–water partition coefficient (Wildman–Crippen LogP) is 2.75. The topological polar surface area (TPSA) is 102 Å². The first-order chi connectivity index (χ1) is 12.4. The summed E-state index contributed by atoms with van der Waals surface area (Å²) in [5, 5.41) is 3.29. The second-order valence-electron chi connectivity index (χ2n) is 5.24. The molecule has 26 heavy (non-hydrogen) atoms. The number of benzene rings is 2. The van der Waals surface area contributed by atoms with Crippen LogP contribution in [0, 0.1) is 0 Å². The van der Waals surface area contributed by atoms with Crippen LogP contribution in [0.4, 0.5) is 10.5 Å². The van der Waals surface area contributed by atoms with Gasteiger partial charge >= 0.3 is 12.0 Å². The highest BCUT2D eigenvalue weighted by Crippen LogP contribution is 2.20. The Balaban J connectivity index is 1.85. The molecule has 9 heteroatoms. The average Bonchev–Trinajstić information content (AvgIpc) is 2.59. The molecule has 0 unspecified atom stereocenters. The molecule has 0 saturated heterocycles. The molecular formula is C17H13ClN4O4. The van der Waals surface area contributed by atoms with Crippen LogP contribution >= 0.6 is 11.6 Å². The molecule has 0 aliphatic rings. The van der Waals surface area contributed by atoms with E-state index in [1.807, 2.05) is 0 Å². The minimum Gasteiger partial charge on any atom is -0.424 e. The van der Waals surface area contributed by atoms with Gasteiger partial charge in [0.25, 0.3) is 5.56 Å². The van der Waals surface area contributed by atoms with Gasteiger partial charge in [0.1, 0.15) is 11.8 Å². The summed E-state index contributed by atoms with van der Waals surface area (Å²) in [6, 6.07) is 10.5. The van der Waals surface area contributed by atoms with Gasteiger partial charge in [0, 0.05) is 17.6 Å². The smallest absolute Gasteiger partial charge is 0.338 e. The monoisotopic (exact) mass is 372 g/mol. The van der Waals surface area contributed by atoms with Gasteiger partial charge in [-0.15, -0.1) is 0 Å². The van der Waals surface area contributed by atoms with Gasteiger partial charge in [0.15, 0.2) is 5.75 Å². The van der Waals surface area contributed by atoms with Gasteiger partial charge in [-0.2, -0.15) is 0 Å². The number of aromatic nitrogens is 2. The minimum absolute atomic E-state index is 0.171. The fourth-order valence-electron chi connectivity index (χ4n) is 2.24. The van der Waals surface area contributed by atoms with Crippen LogP contribution in [0.2, 0.25) is 5.02 Å². The Kier molecular flexibility index (Phi) is 4.85. The summed E-state index contributed by atoms with van der Waals surface area (Å²) in [5.74, 6) is -0.353. The third-order valence-corrected chi connectivity index (χ3v) is 3.58. The quantitative estimate of drug-likeness (QED) is 0.543. The molecule has 1 heterocycles. The van der Waals surface area contributed by atoms with Crippen LogP contribution in [0.3, 0.4) is 0 Å². The molecule has 0 aliphatic heterocycles. The highest BCUT2D eigenvalue weighted by Gasteiger charge is 2.12. The zero-order chi connectivity index (χ0) is 18.7. The van der Waals surface area contributed by atoms with Crippen molar-refractivity contribution in [1.29, 1.82) is 0 Å². The number of hydrogen-bond acceptors (Lipinski definition) is 5. The van der Waals surface area contributed by atoms with Gasteiger partial charge in [0.2, 0.25) is 0 Å². The first-order valence-corrected chi connectivity index (χ1v) is 7.84. The van der Waals surface area contributed by atoms with Crippen molar-refractivity contribution in [2.45, 2.75) is 6.92 Å². The van der Waals surface area contributed by atoms with Crippen molar-refractivity contribution in [2.75, 3.05) is 10.7 Å². The number of nitrogens with one attached hydrogen (secondary N) is 2. The standard InChI is InChI=1S/C17H13ClN4O4/c1-10(23)26-14-4-2-3-13-15(14)19-9-22(16(13)24)21-17(25)20-12-7-5-11(18)6-8-12/h2-9H,1H3,(H2,20,21,25). The number of ether oxygens (including phenoxy) is 1. The van der Waals surface area contributed by atoms with Crippen molar-refractivity contribution in [3.63, 3.8) is 0 Å². The molecule has 132 valence electrons. The predicted molar refractivity (Wildman–Crippen MR) is 97.1 cm³/mol. The molecule has 0 atom stereocenters. The Morgan fingerprint density at radius 1 is 1.15 bits per heavy atom. The molecule has 0 fully saturated rings. The molecule has 2 aromatic carbocycles. The van der Waals surface area contributed by atoms with E-state index < -0.39 is 17.6 Å². The highest BCUT2D eigenvalue weighted by molar-refractivity contribution is 6.30. The molecule has 8 nitrogen and oxygen atoms in total. The number of esters is 1. The van der Waals surface area contributed by atoms with Crippen molar-refractivity contribution in [3.8, 4) is 5.75 Å². The van der Waals surface area contributed by atoms with E-state index in [9.17, 15) is 14.4 Å². The van der Waals surface area contributed by atoms with E-state index in [0.717, 1.165) is 11.0 Å². The molecule has 1 aromatic heterocycles. The van der Waals surface area contributed by atoms with E-state index in [-0.39, 0.29) is 16.7 Å². The fraction of sp³-hybridized carbons (Fsp3) is 0.0588. The normalized spacial score (nSPS) is 10.4. The Morgan fingerprint density at radius 3 is 2.58 bits per heavy atom. The lowest BCUT2D eigenvalue weighted by molar-refractivity contribution is -0.131. The summed E-state index contributed by atoms with van der Waals surface area (Å²) in [4.78, 5) is 39.8. The lowest BCUT2D eigenvalue weighted by atomic mass is 10.2. The summed E-state index contributed by atoms with van der Waals surface area (Å²) in [6.07, 6.45) is 1.14. The van der Waals surface area contributed by atoms with Crippen LogP contribution in [0.1, 0.15) is 6.92 Å². The summed E-state index contributed by atoms with van der Waals surface area (Å²) >= 11 is 5.79. The number of hydrogen-bond donors (Lipinski definition) is 2. The molecular weight excluding hydrogens is 360 g/mol. The van der Waals surface area contributed by atoms with Gasteiger partial charge in [0.05, 0.1) is 5.39 Å². The lowest BCUT2D eigenvalue weighted by Gasteiger charge is -2.11. The molecule has 2 N–H and O–H groups in total. The van der Waals surface area contributed by atoms with E-state index in [2.05, 4.69) is 15.7 Å². The van der Waals surface area contributed by atoms with Gasteiger partial charge in [-0.3, -0.25) is 9.59 Å². The van der Waals surface area contributed by atoms with E-state index >= 15 is 0 Å². The number of urea groups is 1. The van der Waals surface area contributed by atoms with Crippen molar-refractivity contribution in [2.24, 2.45) is 0 Å². The maximum atomic E-state index is 12.5. The first-order valence-electron chi connectivity index (χ1n) is 7.46. The number of anilines is 1. The number of halogens is 1. The minimum atomic E-state index is -0.633. The zero-order valence-electron chi connectivity index (χ0n) is 13.5. The zero-order valence-corrected chi connectivity index (χ0v) is 14.3. The van der Waals surface area contributed by atoms with Crippen molar-refractivity contribution >= 4 is 40.2 Å². The second kappa shape index (κ2) is 7.24. The molecule has 3 aromatic rings. The van der Waals surface area contributed by atoms with E-state index in [0.29, 0.717) is 10.7 Å². The molecule has 2 amide bonds. The maximum Gasteiger partial charge on any atom is 0.338 e. The largest absolute Gasteiger partial charge is 0.424 e. The third kappa shape index (κ3) is 3.81. The van der Waals surface area contributed by atoms with E-state index in [4.69, 9.17) is 16.3 Å². The average molecular weight is 373 g/mol. The molecule has 0 spiro atoms. The Bertz CT molecular complexity index is 1050. The summed E-state index contributed by atoms with van der Waals surface area (Å²) < 4.78 is 5.97. The lowest BCUT2D eigenvalue weighted by Crippen LogP contribution is -2.35. The van der Waals surface area contributed by atoms with Gasteiger partial charge in [-0.05, 0) is 36.4 Å². The summed E-state index contributed by atoms with van der Waals surface area (Å²) in [7, 11) is 0. The third-order valence-electron chi connectivity index (χ3n) is 3.33. The first kappa shape index (κ1) is 17.4. The van der Waals surface area contributed by atoms with Crippen LogP contribution < -0.4 is 21.0 Å². The van der Waals surface area contributed by atoms with Crippen molar-refractivity contribution in [1.82, 2.24) is 9.66 Å². The highest BCUT2D eigenvalue weighted by atomic mass is 35.5. The van der Waals surface area contributed by atoms with Crippen molar-refractivity contribution in [3.05, 3.63) is 64.2 Å². The maximum absolute atomic E-state index is 12.5. The molecule has 0 aliphatic carbocycles. The van der Waals surface area contributed by atoms with Gasteiger partial charge in [-0.25, -0.2) is 19.9 Å². The SMILES string of the molecule is CC(=O)Oc1cccc2c(=O)n(NC(=O)Nc3ccc(Cl)cc3)cnc12. The number of carbonyl (C=O) groups excluding carboxylic acids is 2. The van der Waals surface area contributed by atoms with Gasteiger partial charge < -0.3 is 10.1 Å². The number of amides is 2. The van der Waals surface area contributed by atoms with Crippen LogP contribution in [-0.4, -0.2) is 21.7 Å². The van der Waals surface area contributed by atoms with Crippen LogP contribution in [0.25, 0.3) is 10.9 Å². The summed E-state index contributed by atoms with van der Waals surface area (Å²) in [5.41, 5.74) is 2.59. The fourth-order valence-corrected chi connectivity index (χ4v) is 2.37. The van der Waals surface area contributed by atoms with E-state index in [1.54, 1.807) is 30.3 Å². The van der Waals surface area contributed by atoms with E-state index in [1.165, 1.54) is 19.1 Å². The van der Waals surface area contributed by atoms with Gasteiger partial charge in [-0.1, -0.05) is 17.7 Å². The Hall–Kier alpha value is -3.39. The van der Waals surface area contributed by atoms with Crippen LogP contribution in [0.15, 0.2) is 53.6 Å². The Labute approximate surface area is 152 Å². The number of para-hydroxylation sites is 1. The number of carbonyl (C=O) groups is 2. The number of rotatable bonds is 3. The number of fused-ring (bicyclic) bond motifs is 1. The number of nitrogens with zero attached hydrogens (tertiary/aromatic N) is 2. The van der Waals surface area contributed by atoms with Crippen LogP contribution in [-0.2, 0) is 4.79 Å². The molecule has 3 rings (SSSR count). The van der Waals surface area contributed by atoms with Crippen molar-refractivity contribution < 1.29 is 14.3 Å². The summed E-state index contributed by atoms with van der Waals surface area (Å²) in [6.45, 7) is 1.25. The van der Waals surface area contributed by atoms with Crippen LogP contribution in [0.5, 0.6) is 5.75 Å².